The zero-order valence-electron chi connectivity index (χ0n) is 24.9. The van der Waals surface area contributed by atoms with Crippen molar-refractivity contribution in [1.82, 2.24) is 4.72 Å². The van der Waals surface area contributed by atoms with Crippen molar-refractivity contribution >= 4 is 28.8 Å². The van der Waals surface area contributed by atoms with Crippen LogP contribution >= 0.6 is 11.9 Å². The third-order valence-electron chi connectivity index (χ3n) is 12.6. The third kappa shape index (κ3) is 4.87. The van der Waals surface area contributed by atoms with Crippen LogP contribution in [0.3, 0.4) is 0 Å². The van der Waals surface area contributed by atoms with Crippen molar-refractivity contribution in [2.24, 2.45) is 52.3 Å². The van der Waals surface area contributed by atoms with Gasteiger partial charge in [0, 0.05) is 4.90 Å². The Bertz CT molecular complexity index is 1210. The van der Waals surface area contributed by atoms with Crippen molar-refractivity contribution in [3.63, 3.8) is 0 Å². The molecule has 1 amide bonds. The van der Waals surface area contributed by atoms with E-state index in [1.165, 1.54) is 62.3 Å². The molecule has 0 bridgehead atoms. The maximum absolute atomic E-state index is 12.7. The first-order chi connectivity index (χ1) is 19.2. The van der Waals surface area contributed by atoms with Gasteiger partial charge < -0.3 is 9.84 Å². The second kappa shape index (κ2) is 11.2. The molecule has 2 N–H and O–H groups in total. The molecule has 2 aromatic rings. The highest BCUT2D eigenvalue weighted by Gasteiger charge is 2.62. The summed E-state index contributed by atoms with van der Waals surface area (Å²) < 4.78 is 8.74. The van der Waals surface area contributed by atoms with E-state index in [9.17, 15) is 9.90 Å². The molecule has 0 radical (unpaired) electrons. The van der Waals surface area contributed by atoms with Crippen LogP contribution in [0.4, 0.5) is 4.79 Å². The summed E-state index contributed by atoms with van der Waals surface area (Å²) in [6.45, 7) is 10.4. The summed E-state index contributed by atoms with van der Waals surface area (Å²) >= 11 is 1.34. The maximum Gasteiger partial charge on any atom is 0.417 e. The van der Waals surface area contributed by atoms with E-state index >= 15 is 0 Å². The van der Waals surface area contributed by atoms with E-state index in [1.54, 1.807) is 0 Å². The minimum Gasteiger partial charge on any atom is -0.449 e. The summed E-state index contributed by atoms with van der Waals surface area (Å²) in [5.74, 6) is 4.84. The molecule has 4 fully saturated rings. The number of carbonyl (C=O) groups excluding carboxylic acids is 1. The molecule has 0 heterocycles. The van der Waals surface area contributed by atoms with Crippen molar-refractivity contribution in [1.29, 1.82) is 0 Å². The lowest BCUT2D eigenvalue weighted by molar-refractivity contribution is -0.153. The Hall–Kier alpha value is -1.72. The molecule has 0 aromatic heterocycles. The third-order valence-corrected chi connectivity index (χ3v) is 13.4. The fourth-order valence-electron chi connectivity index (χ4n) is 10.6. The minimum atomic E-state index is -0.343. The Kier molecular flexibility index (Phi) is 7.93. The molecule has 4 nitrogen and oxygen atoms in total. The summed E-state index contributed by atoms with van der Waals surface area (Å²) in [4.78, 5) is 13.7. The van der Waals surface area contributed by atoms with Gasteiger partial charge in [0.15, 0.2) is 0 Å². The average Bonchev–Trinajstić information content (AvgIpc) is 3.32. The van der Waals surface area contributed by atoms with Gasteiger partial charge in [-0.05, 0) is 132 Å². The summed E-state index contributed by atoms with van der Waals surface area (Å²) in [5, 5.41) is 12.9. The minimum absolute atomic E-state index is 0.0862. The number of carbonyl (C=O) groups is 1. The van der Waals surface area contributed by atoms with Crippen molar-refractivity contribution < 1.29 is 14.6 Å². The number of benzene rings is 2. The molecule has 6 rings (SSSR count). The van der Waals surface area contributed by atoms with Crippen LogP contribution in [0.15, 0.2) is 47.4 Å². The molecule has 40 heavy (non-hydrogen) atoms. The molecular formula is C35H49NO3S. The number of hydrogen-bond donors (Lipinski definition) is 2. The second-order valence-corrected chi connectivity index (χ2v) is 15.2. The fraction of sp³-hybridized carbons (Fsp3) is 0.686. The van der Waals surface area contributed by atoms with Crippen molar-refractivity contribution in [2.75, 3.05) is 6.61 Å². The second-order valence-electron chi connectivity index (χ2n) is 14.3. The van der Waals surface area contributed by atoms with Gasteiger partial charge in [0.2, 0.25) is 0 Å². The molecule has 2 aromatic carbocycles. The first kappa shape index (κ1) is 28.4. The fourth-order valence-corrected chi connectivity index (χ4v) is 11.3. The van der Waals surface area contributed by atoms with Crippen LogP contribution < -0.4 is 4.72 Å². The van der Waals surface area contributed by atoms with Crippen LogP contribution in [-0.4, -0.2) is 23.9 Å². The molecule has 4 aliphatic carbocycles. The van der Waals surface area contributed by atoms with Gasteiger partial charge in [-0.15, -0.1) is 0 Å². The zero-order valence-corrected chi connectivity index (χ0v) is 25.7. The van der Waals surface area contributed by atoms with Gasteiger partial charge in [-0.3, -0.25) is 4.72 Å². The topological polar surface area (TPSA) is 58.6 Å². The summed E-state index contributed by atoms with van der Waals surface area (Å²) in [6, 6.07) is 14.4. The monoisotopic (exact) mass is 563 g/mol. The van der Waals surface area contributed by atoms with E-state index in [1.807, 2.05) is 24.3 Å². The van der Waals surface area contributed by atoms with Gasteiger partial charge in [-0.1, -0.05) is 70.5 Å². The van der Waals surface area contributed by atoms with E-state index in [4.69, 9.17) is 4.74 Å². The number of fused-ring (bicyclic) bond motifs is 6. The Balaban J connectivity index is 1.08. The number of hydrogen-bond acceptors (Lipinski definition) is 4. The maximum atomic E-state index is 12.7. The van der Waals surface area contributed by atoms with Crippen LogP contribution in [0.25, 0.3) is 10.8 Å². The van der Waals surface area contributed by atoms with Gasteiger partial charge in [-0.25, -0.2) is 4.79 Å². The number of ether oxygens (including phenoxy) is 1. The van der Waals surface area contributed by atoms with Crippen molar-refractivity contribution in [3.8, 4) is 0 Å². The van der Waals surface area contributed by atoms with E-state index < -0.39 is 0 Å². The number of amides is 1. The van der Waals surface area contributed by atoms with Crippen LogP contribution in [0.1, 0.15) is 85.5 Å². The van der Waals surface area contributed by atoms with Gasteiger partial charge >= 0.3 is 6.09 Å². The predicted octanol–water partition coefficient (Wildman–Crippen LogP) is 8.87. The number of aliphatic hydroxyl groups is 1. The number of rotatable bonds is 6. The molecule has 5 unspecified atom stereocenters. The molecule has 4 aliphatic rings. The molecule has 5 heteroatoms. The van der Waals surface area contributed by atoms with Gasteiger partial charge in [0.05, 0.1) is 12.7 Å². The SMILES string of the molecule is CC[C@H]1CC2C3CC[C@H]([C@H](C)COC(=O)NSc4cccc5ccccc45)C3(C)CC[C@@H]2C2(C)CC[C@@H](O)CC12. The molecule has 10 atom stereocenters. The van der Waals surface area contributed by atoms with E-state index in [2.05, 4.69) is 50.6 Å². The lowest BCUT2D eigenvalue weighted by Crippen LogP contribution is -2.56. The molecule has 0 spiro atoms. The van der Waals surface area contributed by atoms with Crippen LogP contribution in [0.5, 0.6) is 0 Å². The molecule has 218 valence electrons. The number of aliphatic hydroxyl groups excluding tert-OH is 1. The van der Waals surface area contributed by atoms with Gasteiger partial charge in [0.1, 0.15) is 0 Å². The van der Waals surface area contributed by atoms with Crippen molar-refractivity contribution in [3.05, 3.63) is 42.5 Å². The van der Waals surface area contributed by atoms with Crippen molar-refractivity contribution in [2.45, 2.75) is 96.5 Å². The van der Waals surface area contributed by atoms with Crippen LogP contribution in [0, 0.1) is 52.3 Å². The smallest absolute Gasteiger partial charge is 0.417 e. The Labute approximate surface area is 245 Å². The normalized spacial score (nSPS) is 39.6. The Morgan fingerprint density at radius 1 is 1.00 bits per heavy atom. The van der Waals surface area contributed by atoms with Crippen LogP contribution in [-0.2, 0) is 4.74 Å². The highest BCUT2D eigenvalue weighted by Crippen LogP contribution is 2.69. The van der Waals surface area contributed by atoms with Gasteiger partial charge in [0.25, 0.3) is 0 Å². The lowest BCUT2D eigenvalue weighted by Gasteiger charge is -2.63. The Morgan fingerprint density at radius 3 is 2.58 bits per heavy atom. The molecule has 0 aliphatic heterocycles. The average molecular weight is 564 g/mol. The Morgan fingerprint density at radius 2 is 1.75 bits per heavy atom. The predicted molar refractivity (Wildman–Crippen MR) is 164 cm³/mol. The molecular weight excluding hydrogens is 514 g/mol. The first-order valence-electron chi connectivity index (χ1n) is 16.0. The lowest BCUT2D eigenvalue weighted by atomic mass is 9.42. The quantitative estimate of drug-likeness (QED) is 0.345. The van der Waals surface area contributed by atoms with E-state index in [0.717, 1.165) is 46.8 Å². The standard InChI is InChI=1S/C35H49NO3S/c1-5-23-19-27-29-14-13-28(34(29,3)18-16-30(27)35(4)17-15-25(37)20-31(23)35)22(2)21-39-33(38)36-40-32-12-8-10-24-9-6-7-11-26(24)32/h6-12,22-23,25,27-31,37H,5,13-21H2,1-4H3,(H,36,38)/t22-,23+,25-,27?,28-,29?,30+,31?,34?,35?/m1/s1. The highest BCUT2D eigenvalue weighted by molar-refractivity contribution is 7.98. The summed E-state index contributed by atoms with van der Waals surface area (Å²) in [6.07, 6.45) is 10.6. The molecule has 0 saturated heterocycles. The van der Waals surface area contributed by atoms with Crippen LogP contribution in [0.2, 0.25) is 0 Å². The molecule has 4 saturated carbocycles. The largest absolute Gasteiger partial charge is 0.449 e. The van der Waals surface area contributed by atoms with E-state index in [0.29, 0.717) is 35.2 Å². The first-order valence-corrected chi connectivity index (χ1v) is 16.8. The van der Waals surface area contributed by atoms with Gasteiger partial charge in [-0.2, -0.15) is 0 Å². The summed E-state index contributed by atoms with van der Waals surface area (Å²) in [5.41, 5.74) is 0.741. The summed E-state index contributed by atoms with van der Waals surface area (Å²) in [7, 11) is 0. The highest BCUT2D eigenvalue weighted by atomic mass is 32.2. The number of nitrogens with one attached hydrogen (secondary N) is 1. The zero-order chi connectivity index (χ0) is 28.1. The van der Waals surface area contributed by atoms with E-state index in [-0.39, 0.29) is 12.2 Å².